The third-order valence-electron chi connectivity index (χ3n) is 11.2. The molecule has 0 fully saturated rings. The minimum atomic E-state index is 0.704. The van der Waals surface area contributed by atoms with E-state index in [0.29, 0.717) is 5.82 Å². The summed E-state index contributed by atoms with van der Waals surface area (Å²) in [6.45, 7) is 0. The molecule has 4 heterocycles. The van der Waals surface area contributed by atoms with Crippen molar-refractivity contribution in [3.8, 4) is 39.5 Å². The zero-order valence-corrected chi connectivity index (χ0v) is 29.1. The Morgan fingerprint density at radius 3 is 1.72 bits per heavy atom. The molecule has 0 bridgehead atoms. The van der Waals surface area contributed by atoms with Crippen LogP contribution >= 0.6 is 0 Å². The highest BCUT2D eigenvalue weighted by Crippen LogP contribution is 2.46. The van der Waals surface area contributed by atoms with Gasteiger partial charge in [0.2, 0.25) is 0 Å². The van der Waals surface area contributed by atoms with Gasteiger partial charge in [0, 0.05) is 54.5 Å². The van der Waals surface area contributed by atoms with E-state index >= 15 is 0 Å². The summed E-state index contributed by atoms with van der Waals surface area (Å²) in [7, 11) is 0. The second-order valence-electron chi connectivity index (χ2n) is 14.2. The molecule has 4 nitrogen and oxygen atoms in total. The number of hydrogen-bond acceptors (Lipinski definition) is 2. The first-order valence-corrected chi connectivity index (χ1v) is 18.4. The van der Waals surface area contributed by atoms with Gasteiger partial charge in [0.25, 0.3) is 0 Å². The standard InChI is InChI=1S/C50H30N4/c1-2-13-31(14-3-1)32-25-27-33(28-26-32)47-38-19-4-8-21-42(38)51-50(52-47)34-15-12-16-35(29-34)53-43-22-9-5-17-36(43)40-30-41-37-18-6-10-23-44(37)54-45-24-11-7-20-39(45)46(48(40)53)49(41)54/h1-30H. The lowest BCUT2D eigenvalue weighted by Crippen LogP contribution is -1.98. The molecule has 12 aromatic rings. The Morgan fingerprint density at radius 2 is 0.926 bits per heavy atom. The Hall–Kier alpha value is -7.30. The number of rotatable bonds is 4. The SMILES string of the molecule is c1ccc(-c2ccc(-c3nc(-c4cccc(-n5c6ccccc6c6cc7c8ccccc8n8c9ccccc9c(c65)c78)c4)nc4ccccc34)cc2)cc1. The maximum atomic E-state index is 5.30. The number of fused-ring (bicyclic) bond motifs is 11. The van der Waals surface area contributed by atoms with E-state index in [1.807, 2.05) is 0 Å². The molecule has 54 heavy (non-hydrogen) atoms. The minimum absolute atomic E-state index is 0.704. The van der Waals surface area contributed by atoms with Crippen molar-refractivity contribution in [2.45, 2.75) is 0 Å². The summed E-state index contributed by atoms with van der Waals surface area (Å²) in [6, 6.07) is 65.2. The minimum Gasteiger partial charge on any atom is -0.309 e. The quantitative estimate of drug-likeness (QED) is 0.185. The average molecular weight is 687 g/mol. The summed E-state index contributed by atoms with van der Waals surface area (Å²) < 4.78 is 4.92. The van der Waals surface area contributed by atoms with Crippen molar-refractivity contribution in [3.63, 3.8) is 0 Å². The molecule has 0 saturated heterocycles. The number of hydrogen-bond donors (Lipinski definition) is 0. The van der Waals surface area contributed by atoms with Gasteiger partial charge in [0.1, 0.15) is 0 Å². The van der Waals surface area contributed by atoms with Crippen molar-refractivity contribution in [3.05, 3.63) is 182 Å². The average Bonchev–Trinajstić information content (AvgIpc) is 3.88. The molecule has 0 atom stereocenters. The molecule has 0 aliphatic carbocycles. The van der Waals surface area contributed by atoms with Gasteiger partial charge in [-0.15, -0.1) is 0 Å². The lowest BCUT2D eigenvalue weighted by Gasteiger charge is -2.13. The van der Waals surface area contributed by atoms with Crippen LogP contribution in [-0.2, 0) is 0 Å². The predicted octanol–water partition coefficient (Wildman–Crippen LogP) is 12.9. The van der Waals surface area contributed by atoms with Crippen LogP contribution in [0.25, 0.3) is 110 Å². The zero-order chi connectivity index (χ0) is 35.3. The number of benzene rings is 8. The Morgan fingerprint density at radius 1 is 0.352 bits per heavy atom. The molecular formula is C50H30N4. The van der Waals surface area contributed by atoms with E-state index in [1.165, 1.54) is 71.0 Å². The zero-order valence-electron chi connectivity index (χ0n) is 29.1. The summed E-state index contributed by atoms with van der Waals surface area (Å²) >= 11 is 0. The first-order chi connectivity index (χ1) is 26.8. The summed E-state index contributed by atoms with van der Waals surface area (Å²) in [5, 5.41) is 8.63. The van der Waals surface area contributed by atoms with Crippen molar-refractivity contribution < 1.29 is 0 Å². The monoisotopic (exact) mass is 686 g/mol. The van der Waals surface area contributed by atoms with Gasteiger partial charge in [-0.2, -0.15) is 0 Å². The third-order valence-corrected chi connectivity index (χ3v) is 11.2. The molecule has 0 saturated carbocycles. The van der Waals surface area contributed by atoms with Gasteiger partial charge in [0.15, 0.2) is 5.82 Å². The normalized spacial score (nSPS) is 12.1. The predicted molar refractivity (Wildman–Crippen MR) is 225 cm³/mol. The van der Waals surface area contributed by atoms with Crippen LogP contribution in [0.4, 0.5) is 0 Å². The number of nitrogens with zero attached hydrogens (tertiary/aromatic N) is 4. The molecule has 0 spiro atoms. The van der Waals surface area contributed by atoms with Crippen LogP contribution in [-0.4, -0.2) is 18.9 Å². The van der Waals surface area contributed by atoms with Gasteiger partial charge in [-0.3, -0.25) is 0 Å². The van der Waals surface area contributed by atoms with E-state index in [4.69, 9.17) is 9.97 Å². The molecule has 4 aromatic heterocycles. The van der Waals surface area contributed by atoms with Crippen LogP contribution in [0.15, 0.2) is 182 Å². The molecule has 0 aliphatic rings. The highest BCUT2D eigenvalue weighted by molar-refractivity contribution is 6.34. The van der Waals surface area contributed by atoms with Crippen LogP contribution in [0.1, 0.15) is 0 Å². The number of para-hydroxylation sites is 4. The summed E-state index contributed by atoms with van der Waals surface area (Å²) in [6.07, 6.45) is 0. The summed E-state index contributed by atoms with van der Waals surface area (Å²) in [4.78, 5) is 10.5. The fraction of sp³-hybridized carbons (Fsp3) is 0. The van der Waals surface area contributed by atoms with Gasteiger partial charge in [-0.05, 0) is 53.6 Å². The van der Waals surface area contributed by atoms with Crippen molar-refractivity contribution >= 4 is 70.8 Å². The first kappa shape index (κ1) is 29.3. The van der Waals surface area contributed by atoms with Crippen molar-refractivity contribution in [2.24, 2.45) is 0 Å². The van der Waals surface area contributed by atoms with E-state index in [1.54, 1.807) is 0 Å². The molecule has 12 rings (SSSR count). The van der Waals surface area contributed by atoms with Gasteiger partial charge in [0.05, 0.1) is 38.8 Å². The Bertz CT molecular complexity index is 3430. The Labute approximate surface area is 310 Å². The van der Waals surface area contributed by atoms with E-state index in [0.717, 1.165) is 33.4 Å². The van der Waals surface area contributed by atoms with Crippen LogP contribution < -0.4 is 0 Å². The topological polar surface area (TPSA) is 35.1 Å². The molecule has 0 aliphatic heterocycles. The molecule has 0 amide bonds. The Kier molecular flexibility index (Phi) is 6.02. The summed E-state index contributed by atoms with van der Waals surface area (Å²) in [5.41, 5.74) is 13.5. The molecule has 0 N–H and O–H groups in total. The van der Waals surface area contributed by atoms with Gasteiger partial charge in [-0.1, -0.05) is 140 Å². The van der Waals surface area contributed by atoms with Gasteiger partial charge >= 0.3 is 0 Å². The maximum Gasteiger partial charge on any atom is 0.160 e. The molecule has 4 heteroatoms. The molecule has 250 valence electrons. The van der Waals surface area contributed by atoms with Crippen molar-refractivity contribution in [2.75, 3.05) is 0 Å². The third kappa shape index (κ3) is 4.08. The largest absolute Gasteiger partial charge is 0.309 e. The van der Waals surface area contributed by atoms with E-state index in [9.17, 15) is 0 Å². The molecule has 0 unspecified atom stereocenters. The van der Waals surface area contributed by atoms with Crippen LogP contribution in [0.2, 0.25) is 0 Å². The lowest BCUT2D eigenvalue weighted by atomic mass is 10.0. The highest BCUT2D eigenvalue weighted by atomic mass is 15.0. The van der Waals surface area contributed by atoms with Crippen LogP contribution in [0, 0.1) is 0 Å². The van der Waals surface area contributed by atoms with E-state index in [-0.39, 0.29) is 0 Å². The second-order valence-corrected chi connectivity index (χ2v) is 14.2. The fourth-order valence-electron chi connectivity index (χ4n) is 8.89. The maximum absolute atomic E-state index is 5.30. The van der Waals surface area contributed by atoms with E-state index in [2.05, 4.69) is 191 Å². The molecular weight excluding hydrogens is 657 g/mol. The van der Waals surface area contributed by atoms with Gasteiger partial charge in [-0.25, -0.2) is 9.97 Å². The van der Waals surface area contributed by atoms with Crippen LogP contribution in [0.5, 0.6) is 0 Å². The van der Waals surface area contributed by atoms with Crippen molar-refractivity contribution in [1.29, 1.82) is 0 Å². The summed E-state index contributed by atoms with van der Waals surface area (Å²) in [5.74, 6) is 0.704. The molecule has 0 radical (unpaired) electrons. The molecule has 8 aromatic carbocycles. The van der Waals surface area contributed by atoms with Crippen molar-refractivity contribution in [1.82, 2.24) is 18.9 Å². The number of aromatic nitrogens is 4. The smallest absolute Gasteiger partial charge is 0.160 e. The first-order valence-electron chi connectivity index (χ1n) is 18.4. The lowest BCUT2D eigenvalue weighted by molar-refractivity contribution is 1.17. The van der Waals surface area contributed by atoms with E-state index < -0.39 is 0 Å². The highest BCUT2D eigenvalue weighted by Gasteiger charge is 2.24. The van der Waals surface area contributed by atoms with Crippen LogP contribution in [0.3, 0.4) is 0 Å². The Balaban J connectivity index is 1.10. The van der Waals surface area contributed by atoms with Gasteiger partial charge < -0.3 is 8.97 Å². The second kappa shape index (κ2) is 11.1. The fourth-order valence-corrected chi connectivity index (χ4v) is 8.89.